The predicted octanol–water partition coefficient (Wildman–Crippen LogP) is 3.74. The summed E-state index contributed by atoms with van der Waals surface area (Å²) in [4.78, 5) is 21.0. The van der Waals surface area contributed by atoms with E-state index in [9.17, 15) is 10.1 Å². The molecule has 5 heteroatoms. The number of carbonyl (C=O) groups excluding carboxylic acids is 1. The number of anilines is 1. The number of aromatic nitrogens is 2. The largest absolute Gasteiger partial charge is 0.321 e. The van der Waals surface area contributed by atoms with E-state index in [2.05, 4.69) is 22.2 Å². The molecule has 1 heterocycles. The first-order valence-corrected chi connectivity index (χ1v) is 7.93. The Balaban J connectivity index is 1.82. The molecular weight excluding hydrogens is 312 g/mol. The number of rotatable bonds is 4. The third-order valence-electron chi connectivity index (χ3n) is 3.74. The molecule has 0 fully saturated rings. The van der Waals surface area contributed by atoms with Crippen molar-refractivity contribution in [3.63, 3.8) is 0 Å². The van der Waals surface area contributed by atoms with Gasteiger partial charge < -0.3 is 5.32 Å². The molecule has 0 aliphatic rings. The van der Waals surface area contributed by atoms with Crippen molar-refractivity contribution < 1.29 is 4.79 Å². The van der Waals surface area contributed by atoms with Gasteiger partial charge in [-0.15, -0.1) is 0 Å². The minimum atomic E-state index is -0.471. The van der Waals surface area contributed by atoms with Crippen LogP contribution in [0.5, 0.6) is 0 Å². The number of hydrogen-bond donors (Lipinski definition) is 1. The van der Waals surface area contributed by atoms with Crippen LogP contribution in [0.4, 0.5) is 5.69 Å². The highest BCUT2D eigenvalue weighted by Gasteiger charge is 2.10. The number of para-hydroxylation sites is 2. The fourth-order valence-electron chi connectivity index (χ4n) is 2.36. The number of benzene rings is 2. The molecule has 0 bridgehead atoms. The Morgan fingerprint density at radius 1 is 1.16 bits per heavy atom. The lowest BCUT2D eigenvalue weighted by molar-refractivity contribution is -0.112. The van der Waals surface area contributed by atoms with Crippen LogP contribution >= 0.6 is 0 Å². The van der Waals surface area contributed by atoms with Crippen molar-refractivity contribution >= 4 is 28.7 Å². The summed E-state index contributed by atoms with van der Waals surface area (Å²) in [5, 5.41) is 12.0. The van der Waals surface area contributed by atoms with Gasteiger partial charge in [0.15, 0.2) is 0 Å². The molecule has 122 valence electrons. The Bertz CT molecular complexity index is 984. The van der Waals surface area contributed by atoms with E-state index in [1.807, 2.05) is 54.6 Å². The fraction of sp³-hybridized carbons (Fsp3) is 0.100. The highest BCUT2D eigenvalue weighted by atomic mass is 16.1. The highest BCUT2D eigenvalue weighted by molar-refractivity contribution is 6.09. The Morgan fingerprint density at radius 3 is 2.56 bits per heavy atom. The van der Waals surface area contributed by atoms with Gasteiger partial charge >= 0.3 is 0 Å². The second-order valence-corrected chi connectivity index (χ2v) is 5.46. The summed E-state index contributed by atoms with van der Waals surface area (Å²) in [7, 11) is 0. The monoisotopic (exact) mass is 328 g/mol. The molecule has 3 rings (SSSR count). The standard InChI is InChI=1S/C20H16N4O/c1-2-14-7-9-16(10-8-14)24-20(25)15(12-21)11-17-13-22-18-5-3-4-6-19(18)23-17/h3-11,13H,2H2,1H3,(H,24,25)/b15-11+. The molecular formula is C20H16N4O. The van der Waals surface area contributed by atoms with Crippen molar-refractivity contribution in [1.82, 2.24) is 9.97 Å². The molecule has 0 spiro atoms. The lowest BCUT2D eigenvalue weighted by atomic mass is 10.1. The number of amides is 1. The number of nitrogens with one attached hydrogen (secondary N) is 1. The van der Waals surface area contributed by atoms with Gasteiger partial charge in [0, 0.05) is 5.69 Å². The first kappa shape index (κ1) is 16.3. The summed E-state index contributed by atoms with van der Waals surface area (Å²) >= 11 is 0. The summed E-state index contributed by atoms with van der Waals surface area (Å²) in [5.41, 5.74) is 3.74. The van der Waals surface area contributed by atoms with Crippen LogP contribution in [-0.2, 0) is 11.2 Å². The molecule has 5 nitrogen and oxygen atoms in total. The Labute approximate surface area is 145 Å². The Morgan fingerprint density at radius 2 is 1.88 bits per heavy atom. The van der Waals surface area contributed by atoms with Crippen LogP contribution in [0.15, 0.2) is 60.3 Å². The Kier molecular flexibility index (Phi) is 4.82. The van der Waals surface area contributed by atoms with Crippen LogP contribution in [0.25, 0.3) is 17.1 Å². The maximum absolute atomic E-state index is 12.3. The van der Waals surface area contributed by atoms with Crippen LogP contribution in [0.2, 0.25) is 0 Å². The number of nitrogens with zero attached hydrogens (tertiary/aromatic N) is 3. The maximum Gasteiger partial charge on any atom is 0.266 e. The molecule has 0 saturated heterocycles. The van der Waals surface area contributed by atoms with E-state index in [0.29, 0.717) is 16.9 Å². The van der Waals surface area contributed by atoms with Crippen LogP contribution in [0.3, 0.4) is 0 Å². The van der Waals surface area contributed by atoms with Crippen molar-refractivity contribution in [3.8, 4) is 6.07 Å². The van der Waals surface area contributed by atoms with Crippen LogP contribution in [0.1, 0.15) is 18.2 Å². The van der Waals surface area contributed by atoms with Crippen molar-refractivity contribution in [2.24, 2.45) is 0 Å². The van der Waals surface area contributed by atoms with Crippen LogP contribution in [0, 0.1) is 11.3 Å². The normalized spacial score (nSPS) is 11.1. The maximum atomic E-state index is 12.3. The quantitative estimate of drug-likeness (QED) is 0.584. The fourth-order valence-corrected chi connectivity index (χ4v) is 2.36. The third kappa shape index (κ3) is 3.88. The molecule has 0 saturated carbocycles. The number of fused-ring (bicyclic) bond motifs is 1. The zero-order valence-corrected chi connectivity index (χ0v) is 13.7. The molecule has 0 unspecified atom stereocenters. The van der Waals surface area contributed by atoms with Crippen LogP contribution in [-0.4, -0.2) is 15.9 Å². The zero-order chi connectivity index (χ0) is 17.6. The van der Waals surface area contributed by atoms with Gasteiger partial charge in [-0.25, -0.2) is 4.98 Å². The van der Waals surface area contributed by atoms with Gasteiger partial charge in [0.25, 0.3) is 5.91 Å². The molecule has 3 aromatic rings. The van der Waals surface area contributed by atoms with E-state index < -0.39 is 5.91 Å². The van der Waals surface area contributed by atoms with Gasteiger partial charge in [-0.3, -0.25) is 9.78 Å². The highest BCUT2D eigenvalue weighted by Crippen LogP contribution is 2.14. The summed E-state index contributed by atoms with van der Waals surface area (Å²) in [6.07, 6.45) is 3.91. The third-order valence-corrected chi connectivity index (χ3v) is 3.74. The summed E-state index contributed by atoms with van der Waals surface area (Å²) in [6.45, 7) is 2.06. The van der Waals surface area contributed by atoms with Gasteiger partial charge in [0.1, 0.15) is 11.6 Å². The minimum Gasteiger partial charge on any atom is -0.321 e. The molecule has 1 amide bonds. The van der Waals surface area contributed by atoms with Gasteiger partial charge in [0.2, 0.25) is 0 Å². The molecule has 1 aromatic heterocycles. The van der Waals surface area contributed by atoms with E-state index >= 15 is 0 Å². The average Bonchev–Trinajstić information content (AvgIpc) is 2.66. The molecule has 0 radical (unpaired) electrons. The molecule has 25 heavy (non-hydrogen) atoms. The summed E-state index contributed by atoms with van der Waals surface area (Å²) < 4.78 is 0. The SMILES string of the molecule is CCc1ccc(NC(=O)/C(C#N)=C/c2cnc3ccccc3n2)cc1. The molecule has 0 aliphatic heterocycles. The summed E-state index contributed by atoms with van der Waals surface area (Å²) in [5.74, 6) is -0.471. The van der Waals surface area contributed by atoms with E-state index in [1.165, 1.54) is 11.6 Å². The molecule has 0 atom stereocenters. The average molecular weight is 328 g/mol. The van der Waals surface area contributed by atoms with E-state index in [4.69, 9.17) is 0 Å². The number of aryl methyl sites for hydroxylation is 1. The van der Waals surface area contributed by atoms with Gasteiger partial charge in [-0.1, -0.05) is 31.2 Å². The van der Waals surface area contributed by atoms with Gasteiger partial charge in [-0.2, -0.15) is 5.26 Å². The topological polar surface area (TPSA) is 78.7 Å². The minimum absolute atomic E-state index is 0.0239. The second kappa shape index (κ2) is 7.37. The van der Waals surface area contributed by atoms with Crippen molar-refractivity contribution in [2.45, 2.75) is 13.3 Å². The molecule has 1 N–H and O–H groups in total. The van der Waals surface area contributed by atoms with Crippen molar-refractivity contribution in [1.29, 1.82) is 5.26 Å². The lowest BCUT2D eigenvalue weighted by Gasteiger charge is -2.05. The number of hydrogen-bond acceptors (Lipinski definition) is 4. The number of carbonyl (C=O) groups is 1. The second-order valence-electron chi connectivity index (χ2n) is 5.46. The van der Waals surface area contributed by atoms with Crippen LogP contribution < -0.4 is 5.32 Å². The van der Waals surface area contributed by atoms with Gasteiger partial charge in [-0.05, 0) is 42.3 Å². The van der Waals surface area contributed by atoms with E-state index in [-0.39, 0.29) is 5.57 Å². The lowest BCUT2D eigenvalue weighted by Crippen LogP contribution is -2.13. The van der Waals surface area contributed by atoms with E-state index in [1.54, 1.807) is 6.20 Å². The molecule has 0 aliphatic carbocycles. The zero-order valence-electron chi connectivity index (χ0n) is 13.7. The predicted molar refractivity (Wildman–Crippen MR) is 97.6 cm³/mol. The van der Waals surface area contributed by atoms with E-state index in [0.717, 1.165) is 11.9 Å². The number of nitriles is 1. The first-order valence-electron chi connectivity index (χ1n) is 7.93. The molecule has 2 aromatic carbocycles. The van der Waals surface area contributed by atoms with Crippen molar-refractivity contribution in [2.75, 3.05) is 5.32 Å². The first-order chi connectivity index (χ1) is 12.2. The summed E-state index contributed by atoms with van der Waals surface area (Å²) in [6, 6.07) is 16.9. The Hall–Kier alpha value is -3.52. The van der Waals surface area contributed by atoms with Gasteiger partial charge in [0.05, 0.1) is 22.9 Å². The smallest absolute Gasteiger partial charge is 0.266 e. The van der Waals surface area contributed by atoms with Crippen molar-refractivity contribution in [3.05, 3.63) is 71.6 Å².